The first-order valence-corrected chi connectivity index (χ1v) is 13.2. The van der Waals surface area contributed by atoms with Crippen LogP contribution in [-0.2, 0) is 0 Å². The van der Waals surface area contributed by atoms with Crippen molar-refractivity contribution in [1.29, 1.82) is 0 Å². The molecule has 5 rings (SSSR count). The zero-order valence-electron chi connectivity index (χ0n) is 19.8. The van der Waals surface area contributed by atoms with Crippen LogP contribution in [-0.4, -0.2) is 22.8 Å². The molecule has 1 heterocycles. The lowest BCUT2D eigenvalue weighted by molar-refractivity contribution is -0.106. The van der Waals surface area contributed by atoms with Crippen molar-refractivity contribution in [3.63, 3.8) is 0 Å². The Morgan fingerprint density at radius 2 is 1.76 bits per heavy atom. The third-order valence-corrected chi connectivity index (χ3v) is 11.5. The number of hydrogen-bond donors (Lipinski definition) is 2. The quantitative estimate of drug-likeness (QED) is 0.541. The minimum Gasteiger partial charge on any atom is -0.393 e. The highest BCUT2D eigenvalue weighted by atomic mass is 16.3. The predicted octanol–water partition coefficient (Wildman–Crippen LogP) is 6.17. The fourth-order valence-electron chi connectivity index (χ4n) is 9.91. The van der Waals surface area contributed by atoms with Gasteiger partial charge < -0.3 is 10.4 Å². The summed E-state index contributed by atoms with van der Waals surface area (Å²) in [6, 6.07) is 0.702. The van der Waals surface area contributed by atoms with Crippen molar-refractivity contribution in [1.82, 2.24) is 5.32 Å². The van der Waals surface area contributed by atoms with Crippen molar-refractivity contribution in [3.05, 3.63) is 0 Å². The summed E-state index contributed by atoms with van der Waals surface area (Å²) in [5.74, 6) is 5.52. The van der Waals surface area contributed by atoms with E-state index in [0.29, 0.717) is 22.4 Å². The molecular formula is C27H47NO. The third-order valence-electron chi connectivity index (χ3n) is 11.5. The molecule has 0 bridgehead atoms. The zero-order chi connectivity index (χ0) is 20.6. The second-order valence-electron chi connectivity index (χ2n) is 13.1. The average molecular weight is 402 g/mol. The molecule has 29 heavy (non-hydrogen) atoms. The van der Waals surface area contributed by atoms with Gasteiger partial charge in [0.15, 0.2) is 0 Å². The molecule has 166 valence electrons. The smallest absolute Gasteiger partial charge is 0.0558 e. The van der Waals surface area contributed by atoms with Crippen molar-refractivity contribution in [2.24, 2.45) is 46.3 Å². The minimum atomic E-state index is -0.0615. The SMILES string of the molecule is CC(C)CCC[C@@H](C)[C@H]1CC[C@H]2[C@@H]3C[C@@H]4N[C@@]45C[C@H](O)CC[C@]5(C)[C@H]3CC[C@]12C. The molecule has 5 fully saturated rings. The van der Waals surface area contributed by atoms with E-state index in [1.165, 1.54) is 57.8 Å². The van der Waals surface area contributed by atoms with Crippen molar-refractivity contribution in [2.75, 3.05) is 0 Å². The summed E-state index contributed by atoms with van der Waals surface area (Å²) in [6.07, 6.45) is 14.8. The minimum absolute atomic E-state index is 0.0615. The molecule has 2 nitrogen and oxygen atoms in total. The molecule has 1 spiro atoms. The van der Waals surface area contributed by atoms with Gasteiger partial charge in [-0.3, -0.25) is 0 Å². The number of hydrogen-bond acceptors (Lipinski definition) is 2. The molecule has 0 amide bonds. The second kappa shape index (κ2) is 6.96. The first kappa shape index (κ1) is 20.8. The van der Waals surface area contributed by atoms with E-state index in [-0.39, 0.29) is 6.10 Å². The van der Waals surface area contributed by atoms with Crippen LogP contribution in [0, 0.1) is 46.3 Å². The van der Waals surface area contributed by atoms with Gasteiger partial charge in [0.05, 0.1) is 6.10 Å². The van der Waals surface area contributed by atoms with Gasteiger partial charge in [-0.1, -0.05) is 53.9 Å². The van der Waals surface area contributed by atoms with Crippen LogP contribution < -0.4 is 5.32 Å². The van der Waals surface area contributed by atoms with E-state index >= 15 is 0 Å². The molecule has 0 aromatic carbocycles. The first-order chi connectivity index (χ1) is 13.7. The summed E-state index contributed by atoms with van der Waals surface area (Å²) in [5.41, 5.74) is 1.32. The highest BCUT2D eigenvalue weighted by Crippen LogP contribution is 2.72. The van der Waals surface area contributed by atoms with E-state index in [9.17, 15) is 5.11 Å². The molecule has 4 aliphatic carbocycles. The van der Waals surface area contributed by atoms with E-state index in [4.69, 9.17) is 0 Å². The lowest BCUT2D eigenvalue weighted by Crippen LogP contribution is -2.59. The monoisotopic (exact) mass is 401 g/mol. The number of aliphatic hydroxyl groups is 1. The Morgan fingerprint density at radius 1 is 0.966 bits per heavy atom. The van der Waals surface area contributed by atoms with Crippen LogP contribution in [0.4, 0.5) is 0 Å². The van der Waals surface area contributed by atoms with Gasteiger partial charge in [0.2, 0.25) is 0 Å². The Labute approximate surface area is 180 Å². The van der Waals surface area contributed by atoms with Crippen molar-refractivity contribution < 1.29 is 5.11 Å². The Morgan fingerprint density at radius 3 is 2.52 bits per heavy atom. The van der Waals surface area contributed by atoms with E-state index in [0.717, 1.165) is 48.3 Å². The van der Waals surface area contributed by atoms with E-state index in [2.05, 4.69) is 39.9 Å². The van der Waals surface area contributed by atoms with Crippen LogP contribution in [0.15, 0.2) is 0 Å². The summed E-state index contributed by atoms with van der Waals surface area (Å²) in [5, 5.41) is 14.4. The number of nitrogens with one attached hydrogen (secondary N) is 1. The van der Waals surface area contributed by atoms with Crippen LogP contribution in [0.1, 0.15) is 105 Å². The highest BCUT2D eigenvalue weighted by molar-refractivity contribution is 5.30. The molecule has 10 atom stereocenters. The molecule has 0 aromatic rings. The van der Waals surface area contributed by atoms with Crippen molar-refractivity contribution >= 4 is 0 Å². The Bertz CT molecular complexity index is 632. The highest BCUT2D eigenvalue weighted by Gasteiger charge is 2.74. The van der Waals surface area contributed by atoms with E-state index in [1.807, 2.05) is 0 Å². The van der Waals surface area contributed by atoms with Gasteiger partial charge in [-0.2, -0.15) is 0 Å². The van der Waals surface area contributed by atoms with Crippen molar-refractivity contribution in [2.45, 2.75) is 123 Å². The van der Waals surface area contributed by atoms with Crippen LogP contribution in [0.25, 0.3) is 0 Å². The fraction of sp³-hybridized carbons (Fsp3) is 1.00. The summed E-state index contributed by atoms with van der Waals surface area (Å²) in [6.45, 7) is 12.7. The van der Waals surface area contributed by atoms with Gasteiger partial charge in [-0.15, -0.1) is 0 Å². The van der Waals surface area contributed by atoms with Crippen molar-refractivity contribution in [3.8, 4) is 0 Å². The standard InChI is InChI=1S/C27H47NO/c1-17(2)7-6-8-18(3)21-9-10-22-20-15-24-27(28-24)16-19(29)11-14-26(27,5)23(20)12-13-25(21,22)4/h17-24,28-29H,6-16H2,1-5H3/t18-,19-,20+,21-,22+,23+,24+,25-,26-,27+/m1/s1. The van der Waals surface area contributed by atoms with Gasteiger partial charge in [0.25, 0.3) is 0 Å². The molecule has 2 N–H and O–H groups in total. The molecule has 2 heteroatoms. The summed E-state index contributed by atoms with van der Waals surface area (Å²) >= 11 is 0. The molecule has 5 aliphatic rings. The average Bonchev–Trinajstić information content (AvgIpc) is 3.22. The molecule has 0 radical (unpaired) electrons. The zero-order valence-corrected chi connectivity index (χ0v) is 19.8. The Balaban J connectivity index is 1.33. The molecule has 1 aliphatic heterocycles. The van der Waals surface area contributed by atoms with Gasteiger partial charge in [-0.05, 0) is 97.7 Å². The molecule has 1 saturated heterocycles. The van der Waals surface area contributed by atoms with Gasteiger partial charge in [0.1, 0.15) is 0 Å². The van der Waals surface area contributed by atoms with Crippen LogP contribution in [0.2, 0.25) is 0 Å². The first-order valence-electron chi connectivity index (χ1n) is 13.2. The normalized spacial score (nSPS) is 54.3. The summed E-state index contributed by atoms with van der Waals surface area (Å²) in [4.78, 5) is 0. The lowest BCUT2D eigenvalue weighted by atomic mass is 9.44. The topological polar surface area (TPSA) is 42.2 Å². The second-order valence-corrected chi connectivity index (χ2v) is 13.1. The summed E-state index contributed by atoms with van der Waals surface area (Å²) < 4.78 is 0. The van der Waals surface area contributed by atoms with E-state index in [1.54, 1.807) is 0 Å². The molecular weight excluding hydrogens is 354 g/mol. The number of rotatable bonds is 5. The van der Waals surface area contributed by atoms with E-state index < -0.39 is 0 Å². The fourth-order valence-corrected chi connectivity index (χ4v) is 9.91. The maximum absolute atomic E-state index is 10.4. The number of aliphatic hydroxyl groups excluding tert-OH is 1. The molecule has 0 aromatic heterocycles. The van der Waals surface area contributed by atoms with Gasteiger partial charge in [0, 0.05) is 11.6 Å². The third kappa shape index (κ3) is 2.94. The van der Waals surface area contributed by atoms with Crippen LogP contribution in [0.5, 0.6) is 0 Å². The van der Waals surface area contributed by atoms with Crippen LogP contribution >= 0.6 is 0 Å². The number of fused-ring (bicyclic) bond motifs is 4. The Hall–Kier alpha value is -0.0800. The molecule has 4 saturated carbocycles. The maximum Gasteiger partial charge on any atom is 0.0558 e. The lowest BCUT2D eigenvalue weighted by Gasteiger charge is -2.60. The van der Waals surface area contributed by atoms with Gasteiger partial charge in [-0.25, -0.2) is 0 Å². The molecule has 0 unspecified atom stereocenters. The summed E-state index contributed by atoms with van der Waals surface area (Å²) in [7, 11) is 0. The predicted molar refractivity (Wildman–Crippen MR) is 121 cm³/mol. The Kier molecular flexibility index (Phi) is 4.99. The van der Waals surface area contributed by atoms with Crippen LogP contribution in [0.3, 0.4) is 0 Å². The largest absolute Gasteiger partial charge is 0.393 e. The maximum atomic E-state index is 10.4. The van der Waals surface area contributed by atoms with Gasteiger partial charge >= 0.3 is 0 Å².